The monoisotopic (exact) mass is 418 g/mol. The molecule has 0 fully saturated rings. The predicted molar refractivity (Wildman–Crippen MR) is 123 cm³/mol. The Balaban J connectivity index is 0.00000107. The highest BCUT2D eigenvalue weighted by atomic mass is 19.1. The number of hydrogen-bond acceptors (Lipinski definition) is 4. The molecule has 0 aliphatic carbocycles. The minimum atomic E-state index is -0.624. The molecule has 0 amide bonds. The normalized spacial score (nSPS) is 10.5. The number of nitrogens with zero attached hydrogens (tertiary/aromatic N) is 3. The molecule has 2 aromatic carbocycles. The van der Waals surface area contributed by atoms with Crippen molar-refractivity contribution in [2.75, 3.05) is 5.73 Å². The van der Waals surface area contributed by atoms with E-state index in [-0.39, 0.29) is 17.0 Å². The summed E-state index contributed by atoms with van der Waals surface area (Å²) in [6.07, 6.45) is 6.04. The molecular weight excluding hydrogens is 391 g/mol. The average Bonchev–Trinajstić information content (AvgIpc) is 3.19. The lowest BCUT2D eigenvalue weighted by Crippen LogP contribution is -2.03. The van der Waals surface area contributed by atoms with Crippen molar-refractivity contribution in [3.8, 4) is 23.0 Å². The van der Waals surface area contributed by atoms with E-state index < -0.39 is 5.82 Å². The van der Waals surface area contributed by atoms with Gasteiger partial charge in [0.25, 0.3) is 0 Å². The highest BCUT2D eigenvalue weighted by molar-refractivity contribution is 5.93. The fraction of sp³-hybridized carbons (Fsp3) is 0.240. The Morgan fingerprint density at radius 1 is 1.19 bits per heavy atom. The van der Waals surface area contributed by atoms with Gasteiger partial charge in [-0.2, -0.15) is 10.4 Å². The number of halogens is 1. The van der Waals surface area contributed by atoms with Gasteiger partial charge in [0.1, 0.15) is 17.6 Å². The molecule has 3 aromatic rings. The number of ketones is 1. The van der Waals surface area contributed by atoms with Gasteiger partial charge >= 0.3 is 0 Å². The van der Waals surface area contributed by atoms with Gasteiger partial charge in [-0.1, -0.05) is 45.4 Å². The summed E-state index contributed by atoms with van der Waals surface area (Å²) in [6.45, 7) is 7.70. The predicted octanol–water partition coefficient (Wildman–Crippen LogP) is 6.17. The maximum atomic E-state index is 14.1. The second-order valence-electron chi connectivity index (χ2n) is 7.02. The van der Waals surface area contributed by atoms with Crippen molar-refractivity contribution < 1.29 is 9.18 Å². The largest absolute Gasteiger partial charge is 0.398 e. The summed E-state index contributed by atoms with van der Waals surface area (Å²) in [6, 6.07) is 13.1. The molecule has 1 heterocycles. The molecule has 0 atom stereocenters. The number of aromatic nitrogens is 2. The van der Waals surface area contributed by atoms with Crippen molar-refractivity contribution in [3.05, 3.63) is 71.2 Å². The summed E-state index contributed by atoms with van der Waals surface area (Å²) in [7, 11) is 0. The minimum absolute atomic E-state index is 0.0407. The van der Waals surface area contributed by atoms with Gasteiger partial charge in [-0.05, 0) is 48.4 Å². The molecule has 1 aromatic heterocycles. The first-order chi connectivity index (χ1) is 14.9. The third kappa shape index (κ3) is 5.67. The van der Waals surface area contributed by atoms with E-state index >= 15 is 0 Å². The number of rotatable bonds is 5. The van der Waals surface area contributed by atoms with Crippen LogP contribution >= 0.6 is 0 Å². The number of benzene rings is 2. The van der Waals surface area contributed by atoms with Crippen molar-refractivity contribution in [1.29, 1.82) is 5.26 Å². The summed E-state index contributed by atoms with van der Waals surface area (Å²) in [5, 5.41) is 13.3. The van der Waals surface area contributed by atoms with Gasteiger partial charge in [-0.15, -0.1) is 0 Å². The van der Waals surface area contributed by atoms with Crippen molar-refractivity contribution in [2.24, 2.45) is 0 Å². The molecule has 2 N–H and O–H groups in total. The van der Waals surface area contributed by atoms with Crippen LogP contribution in [0.5, 0.6) is 0 Å². The topological polar surface area (TPSA) is 84.7 Å². The van der Waals surface area contributed by atoms with Crippen LogP contribution < -0.4 is 5.73 Å². The molecule has 0 bridgehead atoms. The van der Waals surface area contributed by atoms with E-state index in [2.05, 4.69) is 18.9 Å². The summed E-state index contributed by atoms with van der Waals surface area (Å²) in [5.41, 5.74) is 9.48. The number of anilines is 1. The second kappa shape index (κ2) is 10.9. The fourth-order valence-corrected chi connectivity index (χ4v) is 2.80. The Morgan fingerprint density at radius 2 is 1.90 bits per heavy atom. The Bertz CT molecular complexity index is 1140. The van der Waals surface area contributed by atoms with Crippen LogP contribution in [-0.4, -0.2) is 15.6 Å². The number of carbonyl (C=O) groups is 1. The number of carbonyl (C=O) groups excluding carboxylic acids is 1. The number of Topliss-reactive ketones (excluding diaryl/α,β-unsaturated/α-hetero) is 1. The second-order valence-corrected chi connectivity index (χ2v) is 7.02. The van der Waals surface area contributed by atoms with Crippen LogP contribution in [0.3, 0.4) is 0 Å². The van der Waals surface area contributed by atoms with Crippen LogP contribution in [0.4, 0.5) is 10.1 Å². The van der Waals surface area contributed by atoms with Gasteiger partial charge < -0.3 is 5.73 Å². The molecule has 0 unspecified atom stereocenters. The molecule has 0 saturated heterocycles. The first kappa shape index (κ1) is 23.6. The summed E-state index contributed by atoms with van der Waals surface area (Å²) >= 11 is 0. The highest BCUT2D eigenvalue weighted by Gasteiger charge is 2.16. The third-order valence-corrected chi connectivity index (χ3v) is 4.30. The van der Waals surface area contributed by atoms with Gasteiger partial charge in [-0.25, -0.2) is 9.07 Å². The van der Waals surface area contributed by atoms with E-state index in [1.165, 1.54) is 25.5 Å². The molecular formula is C25H27FN4O. The van der Waals surface area contributed by atoms with Crippen molar-refractivity contribution in [1.82, 2.24) is 9.78 Å². The Hall–Kier alpha value is -3.72. The number of nitriles is 1. The molecule has 0 aliphatic rings. The molecule has 6 heteroatoms. The van der Waals surface area contributed by atoms with Gasteiger partial charge in [0.05, 0.1) is 16.9 Å². The van der Waals surface area contributed by atoms with E-state index in [1.807, 2.05) is 25.1 Å². The lowest BCUT2D eigenvalue weighted by atomic mass is 10.1. The Labute approximate surface area is 182 Å². The van der Waals surface area contributed by atoms with Crippen molar-refractivity contribution in [3.63, 3.8) is 0 Å². The quantitative estimate of drug-likeness (QED) is 0.396. The zero-order valence-electron chi connectivity index (χ0n) is 18.3. The van der Waals surface area contributed by atoms with Gasteiger partial charge in [0.2, 0.25) is 0 Å². The number of nitrogen functional groups attached to an aromatic ring is 1. The smallest absolute Gasteiger partial charge is 0.180 e. The lowest BCUT2D eigenvalue weighted by molar-refractivity contribution is 0.101. The Kier molecular flexibility index (Phi) is 8.27. The van der Waals surface area contributed by atoms with Crippen LogP contribution in [0.15, 0.2) is 48.5 Å². The molecule has 0 spiro atoms. The maximum absolute atomic E-state index is 14.1. The van der Waals surface area contributed by atoms with Crippen LogP contribution in [0, 0.1) is 17.1 Å². The van der Waals surface area contributed by atoms with Crippen molar-refractivity contribution >= 4 is 17.5 Å². The molecule has 5 nitrogen and oxygen atoms in total. The van der Waals surface area contributed by atoms with E-state index in [0.29, 0.717) is 22.6 Å². The maximum Gasteiger partial charge on any atom is 0.180 e. The summed E-state index contributed by atoms with van der Waals surface area (Å²) < 4.78 is 15.7. The standard InChI is InChI=1S/C22H19FN4O.C3H8/c1-3-4-5-15-10-18(8-9-20(15)25)27-22(12-21(26-27)14(2)28)16-6-7-17(13-24)19(23)11-16;1-3-2/h4-12H,3,25H2,1-2H3;3H2,1-2H3/b5-4+;. The van der Waals surface area contributed by atoms with Crippen LogP contribution in [0.2, 0.25) is 0 Å². The summed E-state index contributed by atoms with van der Waals surface area (Å²) in [4.78, 5) is 11.9. The number of nitrogens with two attached hydrogens (primary N) is 1. The molecule has 31 heavy (non-hydrogen) atoms. The minimum Gasteiger partial charge on any atom is -0.398 e. The van der Waals surface area contributed by atoms with Crippen LogP contribution in [-0.2, 0) is 0 Å². The SMILES string of the molecule is CC/C=C/c1cc(-n2nc(C(C)=O)cc2-c2ccc(C#N)c(F)c2)ccc1N.CCC. The first-order valence-corrected chi connectivity index (χ1v) is 10.2. The van der Waals surface area contributed by atoms with Gasteiger partial charge in [-0.3, -0.25) is 4.79 Å². The van der Waals surface area contributed by atoms with E-state index in [0.717, 1.165) is 12.0 Å². The van der Waals surface area contributed by atoms with Gasteiger partial charge in [0, 0.05) is 18.2 Å². The first-order valence-electron chi connectivity index (χ1n) is 10.2. The molecule has 0 radical (unpaired) electrons. The molecule has 3 rings (SSSR count). The van der Waals surface area contributed by atoms with Crippen molar-refractivity contribution in [2.45, 2.75) is 40.5 Å². The molecule has 0 saturated carbocycles. The lowest BCUT2D eigenvalue weighted by Gasteiger charge is -2.10. The number of allylic oxidation sites excluding steroid dienone is 1. The molecule has 160 valence electrons. The van der Waals surface area contributed by atoms with E-state index in [4.69, 9.17) is 11.0 Å². The third-order valence-electron chi connectivity index (χ3n) is 4.30. The Morgan fingerprint density at radius 3 is 2.48 bits per heavy atom. The number of hydrogen-bond donors (Lipinski definition) is 1. The van der Waals surface area contributed by atoms with Crippen LogP contribution in [0.25, 0.3) is 23.0 Å². The van der Waals surface area contributed by atoms with E-state index in [9.17, 15) is 9.18 Å². The zero-order chi connectivity index (χ0) is 23.0. The van der Waals surface area contributed by atoms with E-state index in [1.54, 1.807) is 35.0 Å². The van der Waals surface area contributed by atoms with Gasteiger partial charge in [0.15, 0.2) is 5.78 Å². The highest BCUT2D eigenvalue weighted by Crippen LogP contribution is 2.28. The van der Waals surface area contributed by atoms with Crippen LogP contribution in [0.1, 0.15) is 62.2 Å². The molecule has 0 aliphatic heterocycles. The summed E-state index contributed by atoms with van der Waals surface area (Å²) in [5.74, 6) is -0.823. The zero-order valence-corrected chi connectivity index (χ0v) is 18.3. The average molecular weight is 419 g/mol. The fourth-order valence-electron chi connectivity index (χ4n) is 2.80.